The van der Waals surface area contributed by atoms with E-state index in [-0.39, 0.29) is 0 Å². The summed E-state index contributed by atoms with van der Waals surface area (Å²) in [6, 6.07) is 3.02. The number of thiophene rings is 1. The maximum atomic E-state index is 4.31. The summed E-state index contributed by atoms with van der Waals surface area (Å²) in [6.45, 7) is 0. The van der Waals surface area contributed by atoms with Crippen molar-refractivity contribution in [2.75, 3.05) is 0 Å². The molecular weight excluding hydrogens is 230 g/mol. The van der Waals surface area contributed by atoms with Gasteiger partial charge in [-0.05, 0) is 50.2 Å². The molecule has 0 aliphatic heterocycles. The molecule has 1 saturated carbocycles. The Labute approximate surface area is 104 Å². The Morgan fingerprint density at radius 1 is 1.24 bits per heavy atom. The summed E-state index contributed by atoms with van der Waals surface area (Å²) in [7, 11) is 0. The first-order valence-corrected chi connectivity index (χ1v) is 7.25. The van der Waals surface area contributed by atoms with Gasteiger partial charge in [-0.15, -0.1) is 21.5 Å². The molecule has 0 amide bonds. The molecule has 3 nitrogen and oxygen atoms in total. The van der Waals surface area contributed by atoms with Gasteiger partial charge in [-0.25, -0.2) is 0 Å². The number of nitrogens with zero attached hydrogens (tertiary/aromatic N) is 3. The zero-order chi connectivity index (χ0) is 11.2. The number of aromatic nitrogens is 3. The summed E-state index contributed by atoms with van der Waals surface area (Å²) in [5, 5.41) is 8.40. The van der Waals surface area contributed by atoms with Gasteiger partial charge in [0, 0.05) is 10.9 Å². The van der Waals surface area contributed by atoms with Gasteiger partial charge in [-0.1, -0.05) is 0 Å². The summed E-state index contributed by atoms with van der Waals surface area (Å²) in [4.78, 5) is 2.90. The summed E-state index contributed by atoms with van der Waals surface area (Å²) in [5.41, 5.74) is 1.56. The minimum Gasteiger partial charge on any atom is -0.310 e. The molecule has 2 heterocycles. The van der Waals surface area contributed by atoms with Crippen LogP contribution in [0.25, 0.3) is 10.7 Å². The van der Waals surface area contributed by atoms with E-state index < -0.39 is 0 Å². The van der Waals surface area contributed by atoms with E-state index in [1.54, 1.807) is 10.4 Å². The maximum absolute atomic E-state index is 4.31. The van der Waals surface area contributed by atoms with Gasteiger partial charge in [0.05, 0.1) is 4.88 Å². The van der Waals surface area contributed by atoms with E-state index in [0.29, 0.717) is 6.04 Å². The summed E-state index contributed by atoms with van der Waals surface area (Å²) >= 11 is 1.93. The molecule has 0 N–H and O–H groups in total. The van der Waals surface area contributed by atoms with Gasteiger partial charge < -0.3 is 4.57 Å². The molecule has 1 fully saturated rings. The molecule has 4 heteroatoms. The Bertz CT molecular complexity index is 527. The highest BCUT2D eigenvalue weighted by molar-refractivity contribution is 7.15. The van der Waals surface area contributed by atoms with Crippen LogP contribution in [0.5, 0.6) is 0 Å². The van der Waals surface area contributed by atoms with E-state index in [9.17, 15) is 0 Å². The van der Waals surface area contributed by atoms with Crippen LogP contribution in [-0.2, 0) is 12.8 Å². The van der Waals surface area contributed by atoms with E-state index in [1.807, 2.05) is 17.7 Å². The molecule has 2 aromatic heterocycles. The normalized spacial score (nSPS) is 19.3. The molecule has 2 aliphatic rings. The lowest BCUT2D eigenvalue weighted by molar-refractivity contribution is 0.697. The maximum Gasteiger partial charge on any atom is 0.174 e. The largest absolute Gasteiger partial charge is 0.310 e. The van der Waals surface area contributed by atoms with Gasteiger partial charge in [0.15, 0.2) is 5.82 Å². The lowest BCUT2D eigenvalue weighted by Crippen LogP contribution is -1.96. The van der Waals surface area contributed by atoms with Crippen molar-refractivity contribution in [2.24, 2.45) is 0 Å². The van der Waals surface area contributed by atoms with Crippen LogP contribution in [0.15, 0.2) is 12.4 Å². The van der Waals surface area contributed by atoms with Crippen LogP contribution >= 0.6 is 11.3 Å². The van der Waals surface area contributed by atoms with Crippen molar-refractivity contribution < 1.29 is 0 Å². The van der Waals surface area contributed by atoms with E-state index in [0.717, 1.165) is 5.82 Å². The fraction of sp³-hybridized carbons (Fsp3) is 0.538. The Morgan fingerprint density at radius 3 is 2.94 bits per heavy atom. The third-order valence-electron chi connectivity index (χ3n) is 3.73. The zero-order valence-electron chi connectivity index (χ0n) is 9.72. The fourth-order valence-electron chi connectivity index (χ4n) is 2.64. The quantitative estimate of drug-likeness (QED) is 0.813. The minimum atomic E-state index is 0.666. The first-order chi connectivity index (χ1) is 8.42. The highest BCUT2D eigenvalue weighted by Gasteiger charge is 2.27. The summed E-state index contributed by atoms with van der Waals surface area (Å²) < 4.78 is 2.26. The van der Waals surface area contributed by atoms with Crippen molar-refractivity contribution in [3.8, 4) is 10.7 Å². The van der Waals surface area contributed by atoms with E-state index >= 15 is 0 Å². The number of aryl methyl sites for hydroxylation is 2. The average molecular weight is 245 g/mol. The molecule has 0 atom stereocenters. The Balaban J connectivity index is 1.77. The fourth-order valence-corrected chi connectivity index (χ4v) is 3.88. The highest BCUT2D eigenvalue weighted by Crippen LogP contribution is 2.40. The van der Waals surface area contributed by atoms with E-state index in [1.165, 1.54) is 43.4 Å². The second-order valence-corrected chi connectivity index (χ2v) is 6.20. The summed E-state index contributed by atoms with van der Waals surface area (Å²) in [5.74, 6) is 1.09. The third-order valence-corrected chi connectivity index (χ3v) is 4.96. The van der Waals surface area contributed by atoms with Crippen LogP contribution in [-0.4, -0.2) is 14.8 Å². The van der Waals surface area contributed by atoms with Crippen molar-refractivity contribution in [1.29, 1.82) is 0 Å². The van der Waals surface area contributed by atoms with Crippen LogP contribution < -0.4 is 0 Å². The molecule has 17 heavy (non-hydrogen) atoms. The van der Waals surface area contributed by atoms with Gasteiger partial charge in [-0.2, -0.15) is 0 Å². The van der Waals surface area contributed by atoms with Gasteiger partial charge in [0.2, 0.25) is 0 Å². The van der Waals surface area contributed by atoms with Crippen molar-refractivity contribution in [3.63, 3.8) is 0 Å². The van der Waals surface area contributed by atoms with Crippen LogP contribution in [0.3, 0.4) is 0 Å². The lowest BCUT2D eigenvalue weighted by Gasteiger charge is -2.08. The number of fused-ring (bicyclic) bond motifs is 1. The predicted molar refractivity (Wildman–Crippen MR) is 68.2 cm³/mol. The molecule has 0 unspecified atom stereocenters. The van der Waals surface area contributed by atoms with Crippen LogP contribution in [0.4, 0.5) is 0 Å². The molecule has 0 aromatic carbocycles. The summed E-state index contributed by atoms with van der Waals surface area (Å²) in [6.07, 6.45) is 9.68. The monoisotopic (exact) mass is 245 g/mol. The first kappa shape index (κ1) is 9.83. The number of rotatable bonds is 2. The van der Waals surface area contributed by atoms with Crippen LogP contribution in [0, 0.1) is 0 Å². The topological polar surface area (TPSA) is 30.7 Å². The van der Waals surface area contributed by atoms with Crippen LogP contribution in [0.1, 0.15) is 42.2 Å². The highest BCUT2D eigenvalue weighted by atomic mass is 32.1. The van der Waals surface area contributed by atoms with Gasteiger partial charge >= 0.3 is 0 Å². The minimum absolute atomic E-state index is 0.666. The Kier molecular flexibility index (Phi) is 2.12. The van der Waals surface area contributed by atoms with Crippen molar-refractivity contribution in [3.05, 3.63) is 22.8 Å². The third kappa shape index (κ3) is 1.62. The van der Waals surface area contributed by atoms with Gasteiger partial charge in [0.1, 0.15) is 6.33 Å². The molecule has 0 spiro atoms. The first-order valence-electron chi connectivity index (χ1n) is 6.43. The predicted octanol–water partition coefficient (Wildman–Crippen LogP) is 3.22. The number of hydrogen-bond acceptors (Lipinski definition) is 3. The van der Waals surface area contributed by atoms with Crippen LogP contribution in [0.2, 0.25) is 0 Å². The second kappa shape index (κ2) is 3.67. The van der Waals surface area contributed by atoms with Gasteiger partial charge in [0.25, 0.3) is 0 Å². The molecule has 2 aliphatic carbocycles. The van der Waals surface area contributed by atoms with E-state index in [2.05, 4.69) is 20.8 Å². The molecule has 0 radical (unpaired) electrons. The zero-order valence-corrected chi connectivity index (χ0v) is 10.5. The molecule has 0 bridgehead atoms. The van der Waals surface area contributed by atoms with Crippen molar-refractivity contribution >= 4 is 11.3 Å². The standard InChI is InChI=1S/C13H15N3S/c1-2-4-11-9(3-1)7-12(17-11)13-15-14-8-16(13)10-5-6-10/h7-8,10H,1-6H2. The number of hydrogen-bond donors (Lipinski definition) is 0. The lowest BCUT2D eigenvalue weighted by atomic mass is 9.99. The Morgan fingerprint density at radius 2 is 2.12 bits per heavy atom. The second-order valence-electron chi connectivity index (χ2n) is 5.06. The molecule has 4 rings (SSSR count). The molecule has 2 aromatic rings. The van der Waals surface area contributed by atoms with Gasteiger partial charge in [-0.3, -0.25) is 0 Å². The van der Waals surface area contributed by atoms with E-state index in [4.69, 9.17) is 0 Å². The van der Waals surface area contributed by atoms with Crippen molar-refractivity contribution in [2.45, 2.75) is 44.6 Å². The molecule has 88 valence electrons. The average Bonchev–Trinajstić information content (AvgIpc) is 2.94. The molecule has 0 saturated heterocycles. The van der Waals surface area contributed by atoms with Crippen molar-refractivity contribution in [1.82, 2.24) is 14.8 Å². The smallest absolute Gasteiger partial charge is 0.174 e. The molecular formula is C13H15N3S. The Hall–Kier alpha value is -1.16. The SMILES string of the molecule is c1c(-c2nncn2C2CC2)sc2c1CCCC2.